The molecule has 32 heavy (non-hydrogen) atoms. The van der Waals surface area contributed by atoms with Gasteiger partial charge in [0.05, 0.1) is 21.3 Å². The highest BCUT2D eigenvalue weighted by Gasteiger charge is 2.24. The Morgan fingerprint density at radius 2 is 1.78 bits per heavy atom. The molecule has 0 spiro atoms. The predicted octanol–water partition coefficient (Wildman–Crippen LogP) is 5.36. The third kappa shape index (κ3) is 5.24. The number of sulfonamides is 1. The number of carbonyl (C=O) groups is 1. The molecular weight excluding hydrogens is 477 g/mol. The van der Waals surface area contributed by atoms with Gasteiger partial charge in [0, 0.05) is 24.2 Å². The highest BCUT2D eigenvalue weighted by molar-refractivity contribution is 7.89. The lowest BCUT2D eigenvalue weighted by Gasteiger charge is -2.20. The van der Waals surface area contributed by atoms with Crippen molar-refractivity contribution < 1.29 is 22.5 Å². The van der Waals surface area contributed by atoms with Gasteiger partial charge in [-0.3, -0.25) is 4.79 Å². The SMILES string of the molecule is CCN(CC)S(=O)(=O)c1ccc(Oc2ccc(Cl)cc2Cl)c(NC(=O)c2cc(C)no2)c1. The molecule has 0 unspecified atom stereocenters. The van der Waals surface area contributed by atoms with Crippen molar-refractivity contribution >= 4 is 44.8 Å². The van der Waals surface area contributed by atoms with Gasteiger partial charge in [0.25, 0.3) is 5.91 Å². The highest BCUT2D eigenvalue weighted by atomic mass is 35.5. The molecule has 8 nitrogen and oxygen atoms in total. The van der Waals surface area contributed by atoms with Gasteiger partial charge in [-0.05, 0) is 43.3 Å². The van der Waals surface area contributed by atoms with Crippen LogP contribution in [0.4, 0.5) is 5.69 Å². The maximum Gasteiger partial charge on any atom is 0.294 e. The number of hydrogen-bond donors (Lipinski definition) is 1. The molecule has 3 rings (SSSR count). The number of anilines is 1. The summed E-state index contributed by atoms with van der Waals surface area (Å²) < 4.78 is 38.1. The van der Waals surface area contributed by atoms with Crippen molar-refractivity contribution in [3.63, 3.8) is 0 Å². The Bertz CT molecular complexity index is 1240. The summed E-state index contributed by atoms with van der Waals surface area (Å²) in [5.41, 5.74) is 0.640. The number of carbonyl (C=O) groups excluding carboxylic acids is 1. The highest BCUT2D eigenvalue weighted by Crippen LogP contribution is 2.37. The molecule has 1 amide bonds. The van der Waals surface area contributed by atoms with Gasteiger partial charge in [-0.25, -0.2) is 8.42 Å². The molecule has 170 valence electrons. The number of aryl methyl sites for hydroxylation is 1. The van der Waals surface area contributed by atoms with Crippen LogP contribution in [0.25, 0.3) is 0 Å². The maximum absolute atomic E-state index is 13.0. The van der Waals surface area contributed by atoms with Crippen molar-refractivity contribution in [3.05, 3.63) is 64.0 Å². The number of nitrogens with zero attached hydrogens (tertiary/aromatic N) is 2. The quantitative estimate of drug-likeness (QED) is 0.449. The van der Waals surface area contributed by atoms with Crippen LogP contribution in [0.2, 0.25) is 10.0 Å². The van der Waals surface area contributed by atoms with Crippen LogP contribution in [0.5, 0.6) is 11.5 Å². The van der Waals surface area contributed by atoms with Crippen molar-refractivity contribution in [1.82, 2.24) is 9.46 Å². The second kappa shape index (κ2) is 9.91. The molecule has 0 saturated carbocycles. The summed E-state index contributed by atoms with van der Waals surface area (Å²) in [5.74, 6) is -0.191. The van der Waals surface area contributed by atoms with Crippen molar-refractivity contribution in [2.75, 3.05) is 18.4 Å². The zero-order valence-electron chi connectivity index (χ0n) is 17.6. The fraction of sp³-hybridized carbons (Fsp3) is 0.238. The van der Waals surface area contributed by atoms with E-state index in [1.54, 1.807) is 32.9 Å². The lowest BCUT2D eigenvalue weighted by atomic mass is 10.2. The molecule has 2 aromatic carbocycles. The Morgan fingerprint density at radius 3 is 2.38 bits per heavy atom. The number of amides is 1. The Balaban J connectivity index is 2.04. The van der Waals surface area contributed by atoms with Crippen molar-refractivity contribution in [1.29, 1.82) is 0 Å². The van der Waals surface area contributed by atoms with Crippen LogP contribution < -0.4 is 10.1 Å². The van der Waals surface area contributed by atoms with Crippen LogP contribution in [0, 0.1) is 6.92 Å². The number of ether oxygens (including phenoxy) is 1. The summed E-state index contributed by atoms with van der Waals surface area (Å²) in [6.07, 6.45) is 0. The number of nitrogens with one attached hydrogen (secondary N) is 1. The van der Waals surface area contributed by atoms with E-state index in [4.69, 9.17) is 32.5 Å². The largest absolute Gasteiger partial charge is 0.454 e. The molecule has 0 radical (unpaired) electrons. The van der Waals surface area contributed by atoms with Gasteiger partial charge < -0.3 is 14.6 Å². The zero-order chi connectivity index (χ0) is 23.5. The Labute approximate surface area is 196 Å². The molecule has 0 aliphatic carbocycles. The van der Waals surface area contributed by atoms with E-state index in [-0.39, 0.29) is 32.9 Å². The molecule has 0 atom stereocenters. The molecule has 3 aromatic rings. The van der Waals surface area contributed by atoms with Gasteiger partial charge in [-0.1, -0.05) is 42.2 Å². The van der Waals surface area contributed by atoms with E-state index in [0.717, 1.165) is 0 Å². The van der Waals surface area contributed by atoms with E-state index in [9.17, 15) is 13.2 Å². The molecule has 1 aromatic heterocycles. The van der Waals surface area contributed by atoms with Crippen molar-refractivity contribution in [3.8, 4) is 11.5 Å². The molecule has 11 heteroatoms. The summed E-state index contributed by atoms with van der Waals surface area (Å²) in [6, 6.07) is 10.3. The number of halogens is 2. The molecule has 0 saturated heterocycles. The minimum absolute atomic E-state index is 0.000182. The van der Waals surface area contributed by atoms with Crippen LogP contribution in [-0.4, -0.2) is 36.9 Å². The lowest BCUT2D eigenvalue weighted by Crippen LogP contribution is -2.30. The Kier molecular flexibility index (Phi) is 7.45. The molecule has 0 fully saturated rings. The minimum Gasteiger partial charge on any atom is -0.454 e. The van der Waals surface area contributed by atoms with Gasteiger partial charge in [-0.2, -0.15) is 4.31 Å². The normalized spacial score (nSPS) is 11.6. The summed E-state index contributed by atoms with van der Waals surface area (Å²) in [7, 11) is -3.78. The summed E-state index contributed by atoms with van der Waals surface area (Å²) in [5, 5.41) is 7.00. The number of rotatable bonds is 8. The number of benzene rings is 2. The first-order valence-electron chi connectivity index (χ1n) is 9.67. The van der Waals surface area contributed by atoms with Gasteiger partial charge in [0.1, 0.15) is 5.75 Å². The predicted molar refractivity (Wildman–Crippen MR) is 122 cm³/mol. The van der Waals surface area contributed by atoms with Gasteiger partial charge in [-0.15, -0.1) is 0 Å². The van der Waals surface area contributed by atoms with E-state index in [2.05, 4.69) is 10.5 Å². The molecule has 0 aliphatic heterocycles. The van der Waals surface area contributed by atoms with Crippen molar-refractivity contribution in [2.45, 2.75) is 25.7 Å². The second-order valence-corrected chi connectivity index (χ2v) is 9.49. The zero-order valence-corrected chi connectivity index (χ0v) is 19.9. The average Bonchev–Trinajstić information content (AvgIpc) is 3.18. The minimum atomic E-state index is -3.78. The third-order valence-electron chi connectivity index (χ3n) is 4.51. The topological polar surface area (TPSA) is 102 Å². The van der Waals surface area contributed by atoms with Crippen LogP contribution in [0.15, 0.2) is 51.9 Å². The van der Waals surface area contributed by atoms with E-state index in [0.29, 0.717) is 23.8 Å². The maximum atomic E-state index is 13.0. The van der Waals surface area contributed by atoms with E-state index >= 15 is 0 Å². The first kappa shape index (κ1) is 24.1. The smallest absolute Gasteiger partial charge is 0.294 e. The van der Waals surface area contributed by atoms with E-state index < -0.39 is 15.9 Å². The molecule has 0 aliphatic rings. The molecule has 1 heterocycles. The monoisotopic (exact) mass is 497 g/mol. The lowest BCUT2D eigenvalue weighted by molar-refractivity contribution is 0.0987. The molecule has 0 bridgehead atoms. The molecule has 1 N–H and O–H groups in total. The fourth-order valence-electron chi connectivity index (χ4n) is 2.90. The summed E-state index contributed by atoms with van der Waals surface area (Å²) >= 11 is 12.1. The van der Waals surface area contributed by atoms with Crippen LogP contribution in [0.1, 0.15) is 30.1 Å². The van der Waals surface area contributed by atoms with E-state index in [1.165, 1.54) is 34.6 Å². The summed E-state index contributed by atoms with van der Waals surface area (Å²) in [4.78, 5) is 12.6. The first-order valence-corrected chi connectivity index (χ1v) is 11.9. The van der Waals surface area contributed by atoms with Crippen molar-refractivity contribution in [2.24, 2.45) is 0 Å². The number of aromatic nitrogens is 1. The standard InChI is InChI=1S/C21H21Cl2N3O5S/c1-4-26(5-2)32(28,29)15-7-9-19(30-18-8-6-14(22)11-16(18)23)17(12-15)24-21(27)20-10-13(3)25-31-20/h6-12H,4-5H2,1-3H3,(H,24,27). The second-order valence-electron chi connectivity index (χ2n) is 6.71. The third-order valence-corrected chi connectivity index (χ3v) is 7.08. The van der Waals surface area contributed by atoms with Crippen LogP contribution >= 0.6 is 23.2 Å². The van der Waals surface area contributed by atoms with Gasteiger partial charge in [0.15, 0.2) is 5.75 Å². The average molecular weight is 498 g/mol. The van der Waals surface area contributed by atoms with E-state index in [1.807, 2.05) is 0 Å². The first-order chi connectivity index (χ1) is 15.1. The summed E-state index contributed by atoms with van der Waals surface area (Å²) in [6.45, 7) is 5.77. The number of hydrogen-bond acceptors (Lipinski definition) is 6. The van der Waals surface area contributed by atoms with Gasteiger partial charge >= 0.3 is 0 Å². The Hall–Kier alpha value is -2.59. The fourth-order valence-corrected chi connectivity index (χ4v) is 4.83. The molecular formula is C21H21Cl2N3O5S. The van der Waals surface area contributed by atoms with Gasteiger partial charge in [0.2, 0.25) is 15.8 Å². The van der Waals surface area contributed by atoms with Crippen LogP contribution in [0.3, 0.4) is 0 Å². The Morgan fingerprint density at radius 1 is 1.09 bits per heavy atom. The van der Waals surface area contributed by atoms with Crippen LogP contribution in [-0.2, 0) is 10.0 Å².